The SMILES string of the molecule is C=C1C(=O)C(O)=C(C)[C@H]1c1ccc(OC)cc1. The van der Waals surface area contributed by atoms with E-state index >= 15 is 0 Å². The predicted molar refractivity (Wildman–Crippen MR) is 65.2 cm³/mol. The highest BCUT2D eigenvalue weighted by molar-refractivity contribution is 6.11. The van der Waals surface area contributed by atoms with E-state index in [1.54, 1.807) is 14.0 Å². The van der Waals surface area contributed by atoms with E-state index in [1.165, 1.54) is 0 Å². The summed E-state index contributed by atoms with van der Waals surface area (Å²) in [7, 11) is 1.60. The summed E-state index contributed by atoms with van der Waals surface area (Å²) in [5.41, 5.74) is 2.01. The number of Topliss-reactive ketones (excluding diaryl/α,β-unsaturated/α-hetero) is 1. The van der Waals surface area contributed by atoms with Gasteiger partial charge < -0.3 is 9.84 Å². The van der Waals surface area contributed by atoms with Crippen LogP contribution in [0.1, 0.15) is 18.4 Å². The molecule has 1 aromatic carbocycles. The van der Waals surface area contributed by atoms with Gasteiger partial charge in [0.15, 0.2) is 5.76 Å². The minimum atomic E-state index is -0.358. The largest absolute Gasteiger partial charge is 0.504 e. The number of hydrogen-bond acceptors (Lipinski definition) is 3. The van der Waals surface area contributed by atoms with Gasteiger partial charge in [0.05, 0.1) is 7.11 Å². The molecule has 1 aliphatic carbocycles. The fourth-order valence-electron chi connectivity index (χ4n) is 2.11. The maximum Gasteiger partial charge on any atom is 0.223 e. The fraction of sp³-hybridized carbons (Fsp3) is 0.214. The molecule has 0 radical (unpaired) electrons. The third-order valence-electron chi connectivity index (χ3n) is 3.11. The summed E-state index contributed by atoms with van der Waals surface area (Å²) < 4.78 is 5.08. The summed E-state index contributed by atoms with van der Waals surface area (Å²) >= 11 is 0. The van der Waals surface area contributed by atoms with Crippen molar-refractivity contribution in [1.82, 2.24) is 0 Å². The molecule has 0 amide bonds. The maximum absolute atomic E-state index is 11.6. The Morgan fingerprint density at radius 2 is 1.88 bits per heavy atom. The number of rotatable bonds is 2. The van der Waals surface area contributed by atoms with E-state index in [4.69, 9.17) is 4.74 Å². The number of ketones is 1. The Kier molecular flexibility index (Phi) is 2.76. The van der Waals surface area contributed by atoms with Gasteiger partial charge in [-0.3, -0.25) is 4.79 Å². The Hall–Kier alpha value is -2.03. The number of carbonyl (C=O) groups is 1. The van der Waals surface area contributed by atoms with E-state index < -0.39 is 0 Å². The lowest BCUT2D eigenvalue weighted by molar-refractivity contribution is -0.114. The minimum Gasteiger partial charge on any atom is -0.504 e. The van der Waals surface area contributed by atoms with Crippen LogP contribution in [0.25, 0.3) is 0 Å². The van der Waals surface area contributed by atoms with Crippen molar-refractivity contribution < 1.29 is 14.6 Å². The van der Waals surface area contributed by atoms with E-state index in [9.17, 15) is 9.90 Å². The fourth-order valence-corrected chi connectivity index (χ4v) is 2.11. The van der Waals surface area contributed by atoms with Crippen LogP contribution >= 0.6 is 0 Å². The molecule has 0 bridgehead atoms. The monoisotopic (exact) mass is 230 g/mol. The highest BCUT2D eigenvalue weighted by Crippen LogP contribution is 2.39. The smallest absolute Gasteiger partial charge is 0.223 e. The molecule has 0 saturated heterocycles. The summed E-state index contributed by atoms with van der Waals surface area (Å²) in [4.78, 5) is 11.6. The third-order valence-corrected chi connectivity index (χ3v) is 3.11. The lowest BCUT2D eigenvalue weighted by Crippen LogP contribution is -2.02. The minimum absolute atomic E-state index is 0.171. The van der Waals surface area contributed by atoms with Gasteiger partial charge in [-0.15, -0.1) is 0 Å². The summed E-state index contributed by atoms with van der Waals surface area (Å²) in [6, 6.07) is 7.42. The Morgan fingerprint density at radius 3 is 2.29 bits per heavy atom. The van der Waals surface area contributed by atoms with Crippen LogP contribution in [-0.2, 0) is 4.79 Å². The molecule has 0 unspecified atom stereocenters. The molecule has 88 valence electrons. The molecule has 17 heavy (non-hydrogen) atoms. The molecule has 2 rings (SSSR count). The van der Waals surface area contributed by atoms with Crippen molar-refractivity contribution in [1.29, 1.82) is 0 Å². The average Bonchev–Trinajstić information content (AvgIpc) is 2.54. The van der Waals surface area contributed by atoms with Crippen LogP contribution in [0.2, 0.25) is 0 Å². The van der Waals surface area contributed by atoms with Crippen molar-refractivity contribution in [3.8, 4) is 5.75 Å². The molecule has 1 atom stereocenters. The predicted octanol–water partition coefficient (Wildman–Crippen LogP) is 2.75. The zero-order valence-corrected chi connectivity index (χ0v) is 9.86. The first-order valence-corrected chi connectivity index (χ1v) is 5.33. The molecule has 0 saturated carbocycles. The molecule has 0 aromatic heterocycles. The van der Waals surface area contributed by atoms with Gasteiger partial charge in [-0.2, -0.15) is 0 Å². The quantitative estimate of drug-likeness (QED) is 0.794. The van der Waals surface area contributed by atoms with Crippen LogP contribution in [0, 0.1) is 0 Å². The van der Waals surface area contributed by atoms with E-state index in [1.807, 2.05) is 24.3 Å². The first-order chi connectivity index (χ1) is 8.06. The topological polar surface area (TPSA) is 46.5 Å². The first-order valence-electron chi connectivity index (χ1n) is 5.33. The molecule has 3 heteroatoms. The van der Waals surface area contributed by atoms with Crippen molar-refractivity contribution in [2.45, 2.75) is 12.8 Å². The Bertz CT molecular complexity index is 509. The van der Waals surface area contributed by atoms with Crippen molar-refractivity contribution in [3.63, 3.8) is 0 Å². The van der Waals surface area contributed by atoms with Gasteiger partial charge in [-0.25, -0.2) is 0 Å². The summed E-state index contributed by atoms with van der Waals surface area (Å²) in [6.07, 6.45) is 0. The standard InChI is InChI=1S/C14H14O3/c1-8-12(9(2)14(16)13(8)15)10-4-6-11(17-3)7-5-10/h4-7,12,16H,1H2,2-3H3/t12-/m0/s1. The molecular weight excluding hydrogens is 216 g/mol. The molecule has 1 aromatic rings. The van der Waals surface area contributed by atoms with Gasteiger partial charge >= 0.3 is 0 Å². The van der Waals surface area contributed by atoms with Crippen LogP contribution in [-0.4, -0.2) is 18.0 Å². The maximum atomic E-state index is 11.6. The van der Waals surface area contributed by atoms with E-state index in [0.29, 0.717) is 11.1 Å². The lowest BCUT2D eigenvalue weighted by Gasteiger charge is -2.13. The van der Waals surface area contributed by atoms with Crippen LogP contribution in [0.15, 0.2) is 47.7 Å². The second-order valence-corrected chi connectivity index (χ2v) is 4.09. The van der Waals surface area contributed by atoms with Crippen LogP contribution < -0.4 is 4.74 Å². The third kappa shape index (κ3) is 1.73. The van der Waals surface area contributed by atoms with Gasteiger partial charge in [0.2, 0.25) is 5.78 Å². The number of ether oxygens (including phenoxy) is 1. The number of carbonyl (C=O) groups excluding carboxylic acids is 1. The highest BCUT2D eigenvalue weighted by Gasteiger charge is 2.34. The normalized spacial score (nSPS) is 20.0. The van der Waals surface area contributed by atoms with Gasteiger partial charge in [-0.05, 0) is 30.2 Å². The number of allylic oxidation sites excluding steroid dienone is 2. The number of aliphatic hydroxyl groups excluding tert-OH is 1. The molecule has 0 fully saturated rings. The molecule has 0 aliphatic heterocycles. The van der Waals surface area contributed by atoms with Gasteiger partial charge in [0.25, 0.3) is 0 Å². The number of aliphatic hydroxyl groups is 1. The molecule has 1 aliphatic rings. The molecular formula is C14H14O3. The van der Waals surface area contributed by atoms with Crippen LogP contribution in [0.4, 0.5) is 0 Å². The Labute approximate surface area is 100 Å². The zero-order valence-electron chi connectivity index (χ0n) is 9.86. The van der Waals surface area contributed by atoms with Crippen molar-refractivity contribution in [2.75, 3.05) is 7.11 Å². The van der Waals surface area contributed by atoms with Gasteiger partial charge in [-0.1, -0.05) is 18.7 Å². The lowest BCUT2D eigenvalue weighted by atomic mass is 9.90. The van der Waals surface area contributed by atoms with E-state index in [0.717, 1.165) is 11.3 Å². The number of methoxy groups -OCH3 is 1. The highest BCUT2D eigenvalue weighted by atomic mass is 16.5. The molecule has 0 spiro atoms. The Morgan fingerprint density at radius 1 is 1.29 bits per heavy atom. The van der Waals surface area contributed by atoms with Crippen molar-refractivity contribution >= 4 is 5.78 Å². The summed E-state index contributed by atoms with van der Waals surface area (Å²) in [6.45, 7) is 5.50. The number of benzene rings is 1. The molecule has 1 N–H and O–H groups in total. The summed E-state index contributed by atoms with van der Waals surface area (Å²) in [5, 5.41) is 9.61. The zero-order chi connectivity index (χ0) is 12.6. The molecule has 3 nitrogen and oxygen atoms in total. The Balaban J connectivity index is 2.40. The number of hydrogen-bond donors (Lipinski definition) is 1. The van der Waals surface area contributed by atoms with Crippen LogP contribution in [0.5, 0.6) is 5.75 Å². The molecule has 0 heterocycles. The van der Waals surface area contributed by atoms with Crippen molar-refractivity contribution in [2.24, 2.45) is 0 Å². The van der Waals surface area contributed by atoms with E-state index in [-0.39, 0.29) is 17.5 Å². The van der Waals surface area contributed by atoms with Gasteiger partial charge in [0.1, 0.15) is 5.75 Å². The first kappa shape index (κ1) is 11.5. The van der Waals surface area contributed by atoms with Crippen molar-refractivity contribution in [3.05, 3.63) is 53.3 Å². The van der Waals surface area contributed by atoms with Crippen LogP contribution in [0.3, 0.4) is 0 Å². The second kappa shape index (κ2) is 4.09. The second-order valence-electron chi connectivity index (χ2n) is 4.09. The summed E-state index contributed by atoms with van der Waals surface area (Å²) in [5.74, 6) is 0.0158. The average molecular weight is 230 g/mol. The van der Waals surface area contributed by atoms with E-state index in [2.05, 4.69) is 6.58 Å². The van der Waals surface area contributed by atoms with Gasteiger partial charge in [0, 0.05) is 11.5 Å².